The number of nitro benzene ring substituents is 1. The molecule has 0 bridgehead atoms. The van der Waals surface area contributed by atoms with Gasteiger partial charge in [-0.15, -0.1) is 0 Å². The molecule has 0 aromatic heterocycles. The second-order valence-electron chi connectivity index (χ2n) is 8.71. The minimum absolute atomic E-state index is 0.0184. The van der Waals surface area contributed by atoms with Crippen LogP contribution in [-0.2, 0) is 20.9 Å². The van der Waals surface area contributed by atoms with Crippen molar-refractivity contribution in [3.05, 3.63) is 80.2 Å². The first-order valence-corrected chi connectivity index (χ1v) is 11.5. The zero-order valence-corrected chi connectivity index (χ0v) is 19.8. The van der Waals surface area contributed by atoms with E-state index in [-0.39, 0.29) is 41.8 Å². The smallest absolute Gasteiger partial charge is 0.337 e. The summed E-state index contributed by atoms with van der Waals surface area (Å²) < 4.78 is 21.6. The van der Waals surface area contributed by atoms with Crippen molar-refractivity contribution in [3.8, 4) is 17.2 Å². The van der Waals surface area contributed by atoms with Crippen LogP contribution in [0.4, 0.5) is 5.69 Å². The number of Topliss-reactive ketones (excluding diaryl/α,β-unsaturated/α-hetero) is 1. The highest BCUT2D eigenvalue weighted by Crippen LogP contribution is 2.48. The van der Waals surface area contributed by atoms with Crippen molar-refractivity contribution < 1.29 is 33.5 Å². The molecular formula is C26H24N2O8. The number of hydrogen-bond acceptors (Lipinski definition) is 9. The highest BCUT2D eigenvalue weighted by Gasteiger charge is 2.42. The molecule has 2 aromatic carbocycles. The van der Waals surface area contributed by atoms with E-state index >= 15 is 0 Å². The zero-order valence-electron chi connectivity index (χ0n) is 19.8. The fourth-order valence-corrected chi connectivity index (χ4v) is 4.85. The summed E-state index contributed by atoms with van der Waals surface area (Å²) in [5, 5.41) is 15.3. The Bertz CT molecular complexity index is 1330. The molecule has 0 radical (unpaired) electrons. The third kappa shape index (κ3) is 4.15. The molecule has 0 fully saturated rings. The van der Waals surface area contributed by atoms with Gasteiger partial charge in [0.1, 0.15) is 12.4 Å². The number of allylic oxidation sites excluding steroid dienone is 3. The van der Waals surface area contributed by atoms with Crippen molar-refractivity contribution in [3.63, 3.8) is 0 Å². The summed E-state index contributed by atoms with van der Waals surface area (Å²) in [6.45, 7) is 1.62. The minimum atomic E-state index is -0.979. The molecule has 0 unspecified atom stereocenters. The normalized spacial score (nSPS) is 18.5. The van der Waals surface area contributed by atoms with E-state index in [0.717, 1.165) is 5.56 Å². The number of fused-ring (bicyclic) bond motifs is 1. The van der Waals surface area contributed by atoms with Gasteiger partial charge in [0, 0.05) is 29.0 Å². The van der Waals surface area contributed by atoms with Crippen LogP contribution in [0.2, 0.25) is 0 Å². The molecule has 1 N–H and O–H groups in total. The lowest BCUT2D eigenvalue weighted by Crippen LogP contribution is -2.34. The molecule has 2 aliphatic heterocycles. The molecule has 10 nitrogen and oxygen atoms in total. The van der Waals surface area contributed by atoms with Gasteiger partial charge in [0.2, 0.25) is 6.79 Å². The van der Waals surface area contributed by atoms with Gasteiger partial charge < -0.3 is 24.3 Å². The van der Waals surface area contributed by atoms with Crippen LogP contribution in [0.5, 0.6) is 17.2 Å². The molecule has 1 atom stereocenters. The highest BCUT2D eigenvalue weighted by atomic mass is 16.7. The first-order valence-electron chi connectivity index (χ1n) is 11.5. The van der Waals surface area contributed by atoms with Crippen LogP contribution in [0.25, 0.3) is 0 Å². The molecule has 186 valence electrons. The first-order chi connectivity index (χ1) is 17.4. The van der Waals surface area contributed by atoms with E-state index < -0.39 is 16.8 Å². The van der Waals surface area contributed by atoms with Gasteiger partial charge in [-0.3, -0.25) is 14.9 Å². The molecule has 0 saturated carbocycles. The molecule has 2 heterocycles. The Morgan fingerprint density at radius 3 is 2.58 bits per heavy atom. The molecule has 0 saturated heterocycles. The van der Waals surface area contributed by atoms with Crippen molar-refractivity contribution in [1.29, 1.82) is 0 Å². The molecular weight excluding hydrogens is 468 g/mol. The van der Waals surface area contributed by atoms with Crippen LogP contribution in [0.15, 0.2) is 58.9 Å². The molecule has 3 aliphatic rings. The van der Waals surface area contributed by atoms with Crippen molar-refractivity contribution >= 4 is 17.4 Å². The van der Waals surface area contributed by atoms with Gasteiger partial charge in [0.25, 0.3) is 5.69 Å². The number of ether oxygens (including phenoxy) is 4. The van der Waals surface area contributed by atoms with Crippen LogP contribution in [0.1, 0.15) is 43.2 Å². The van der Waals surface area contributed by atoms with Crippen molar-refractivity contribution in [1.82, 2.24) is 5.32 Å². The van der Waals surface area contributed by atoms with Gasteiger partial charge in [0.15, 0.2) is 17.3 Å². The van der Waals surface area contributed by atoms with Gasteiger partial charge in [-0.05, 0) is 43.5 Å². The summed E-state index contributed by atoms with van der Waals surface area (Å²) in [7, 11) is 1.56. The maximum Gasteiger partial charge on any atom is 0.337 e. The monoisotopic (exact) mass is 492 g/mol. The maximum atomic E-state index is 13.5. The van der Waals surface area contributed by atoms with Gasteiger partial charge in [0.05, 0.1) is 29.6 Å². The van der Waals surface area contributed by atoms with Gasteiger partial charge in [-0.1, -0.05) is 12.1 Å². The van der Waals surface area contributed by atoms with Crippen LogP contribution in [-0.4, -0.2) is 30.6 Å². The van der Waals surface area contributed by atoms with E-state index in [1.807, 2.05) is 0 Å². The molecule has 36 heavy (non-hydrogen) atoms. The van der Waals surface area contributed by atoms with Crippen LogP contribution >= 0.6 is 0 Å². The molecule has 10 heteroatoms. The van der Waals surface area contributed by atoms with Gasteiger partial charge in [-0.2, -0.15) is 0 Å². The van der Waals surface area contributed by atoms with Gasteiger partial charge >= 0.3 is 5.97 Å². The van der Waals surface area contributed by atoms with Crippen LogP contribution in [0, 0.1) is 10.1 Å². The fourth-order valence-electron chi connectivity index (χ4n) is 4.85. The number of esters is 1. The van der Waals surface area contributed by atoms with E-state index in [4.69, 9.17) is 18.9 Å². The summed E-state index contributed by atoms with van der Waals surface area (Å²) in [6.07, 6.45) is 1.55. The Morgan fingerprint density at radius 2 is 1.89 bits per heavy atom. The Hall–Kier alpha value is -4.34. The van der Waals surface area contributed by atoms with E-state index in [1.165, 1.54) is 12.1 Å². The number of methoxy groups -OCH3 is 1. The highest BCUT2D eigenvalue weighted by molar-refractivity contribution is 6.04. The SMILES string of the molecule is COc1ccc(COC(=O)C2=C(C)NC3=C(C(=O)CCC3)[C@H]2c2cc3c(cc2[N+](=O)[O-])OCO3)cc1. The minimum Gasteiger partial charge on any atom is -0.497 e. The van der Waals surface area contributed by atoms with E-state index in [2.05, 4.69) is 5.32 Å². The van der Waals surface area contributed by atoms with Crippen molar-refractivity contribution in [2.45, 2.75) is 38.7 Å². The van der Waals surface area contributed by atoms with Crippen LogP contribution in [0.3, 0.4) is 0 Å². The lowest BCUT2D eigenvalue weighted by molar-refractivity contribution is -0.385. The molecule has 1 aliphatic carbocycles. The van der Waals surface area contributed by atoms with Gasteiger partial charge in [-0.25, -0.2) is 4.79 Å². The molecule has 0 amide bonds. The fraction of sp³-hybridized carbons (Fsp3) is 0.308. The number of hydrogen-bond donors (Lipinski definition) is 1. The number of carbonyl (C=O) groups excluding carboxylic acids is 2. The van der Waals surface area contributed by atoms with E-state index in [1.54, 1.807) is 38.3 Å². The average Bonchev–Trinajstić information content (AvgIpc) is 3.34. The number of dihydropyridines is 1. The summed E-state index contributed by atoms with van der Waals surface area (Å²) in [5.41, 5.74) is 2.33. The summed E-state index contributed by atoms with van der Waals surface area (Å²) in [4.78, 5) is 38.1. The summed E-state index contributed by atoms with van der Waals surface area (Å²) >= 11 is 0. The second-order valence-corrected chi connectivity index (χ2v) is 8.71. The summed E-state index contributed by atoms with van der Waals surface area (Å²) in [5.74, 6) is -0.569. The number of carbonyl (C=O) groups is 2. The third-order valence-electron chi connectivity index (χ3n) is 6.55. The number of ketones is 1. The Morgan fingerprint density at radius 1 is 1.17 bits per heavy atom. The van der Waals surface area contributed by atoms with Crippen molar-refractivity contribution in [2.75, 3.05) is 13.9 Å². The molecule has 5 rings (SSSR count). The number of nitrogens with zero attached hydrogens (tertiary/aromatic N) is 1. The Labute approximate surface area is 206 Å². The lowest BCUT2D eigenvalue weighted by Gasteiger charge is -2.34. The number of benzene rings is 2. The van der Waals surface area contributed by atoms with E-state index in [0.29, 0.717) is 47.7 Å². The zero-order chi connectivity index (χ0) is 25.4. The number of rotatable bonds is 6. The first kappa shape index (κ1) is 23.4. The quantitative estimate of drug-likeness (QED) is 0.361. The third-order valence-corrected chi connectivity index (χ3v) is 6.55. The Kier molecular flexibility index (Phi) is 6.09. The number of nitrogens with one attached hydrogen (secondary N) is 1. The predicted octanol–water partition coefficient (Wildman–Crippen LogP) is 4.04. The maximum absolute atomic E-state index is 13.5. The molecule has 2 aromatic rings. The average molecular weight is 492 g/mol. The largest absolute Gasteiger partial charge is 0.497 e. The Balaban J connectivity index is 1.57. The number of nitro groups is 1. The summed E-state index contributed by atoms with van der Waals surface area (Å²) in [6, 6.07) is 9.84. The standard InChI is InChI=1S/C26H24N2O8/c1-14-23(26(30)34-12-15-6-8-16(33-2)9-7-15)24(25-18(27-14)4-3-5-20(25)29)17-10-21-22(36-13-35-21)11-19(17)28(31)32/h6-11,24,27H,3-5,12-13H2,1-2H3/t24-/m0/s1. The van der Waals surface area contributed by atoms with Crippen molar-refractivity contribution in [2.24, 2.45) is 0 Å². The topological polar surface area (TPSA) is 126 Å². The predicted molar refractivity (Wildman–Crippen MR) is 126 cm³/mol. The molecule has 0 spiro atoms. The second kappa shape index (κ2) is 9.37. The van der Waals surface area contributed by atoms with E-state index in [9.17, 15) is 19.7 Å². The lowest BCUT2D eigenvalue weighted by atomic mass is 9.74. The van der Waals surface area contributed by atoms with Crippen LogP contribution < -0.4 is 19.5 Å².